The molecule has 2 rings (SSSR count). The number of halogens is 2. The zero-order valence-electron chi connectivity index (χ0n) is 8.50. The van der Waals surface area contributed by atoms with Gasteiger partial charge >= 0.3 is 0 Å². The second-order valence-corrected chi connectivity index (χ2v) is 5.73. The highest BCUT2D eigenvalue weighted by molar-refractivity contribution is 7.99. The predicted molar refractivity (Wildman–Crippen MR) is 70.5 cm³/mol. The van der Waals surface area contributed by atoms with E-state index in [4.69, 9.17) is 23.2 Å². The van der Waals surface area contributed by atoms with Crippen LogP contribution in [0.5, 0.6) is 0 Å². The Hall–Kier alpha value is -0.380. The fourth-order valence-corrected chi connectivity index (χ4v) is 3.36. The summed E-state index contributed by atoms with van der Waals surface area (Å²) in [6.45, 7) is 0. The van der Waals surface area contributed by atoms with Gasteiger partial charge in [0.1, 0.15) is 0 Å². The quantitative estimate of drug-likeness (QED) is 0.892. The maximum absolute atomic E-state index is 11.8. The summed E-state index contributed by atoms with van der Waals surface area (Å²) in [5.74, 6) is 2.14. The Balaban J connectivity index is 2.05. The molecule has 1 aromatic rings. The van der Waals surface area contributed by atoms with E-state index in [2.05, 4.69) is 5.32 Å². The van der Waals surface area contributed by atoms with Crippen molar-refractivity contribution in [3.63, 3.8) is 0 Å². The molecule has 1 atom stereocenters. The van der Waals surface area contributed by atoms with Crippen LogP contribution in [-0.4, -0.2) is 17.4 Å². The first-order chi connectivity index (χ1) is 7.65. The van der Waals surface area contributed by atoms with Crippen molar-refractivity contribution in [2.24, 2.45) is 5.92 Å². The fraction of sp³-hybridized carbons (Fsp3) is 0.364. The predicted octanol–water partition coefficient (Wildman–Crippen LogP) is 3.69. The highest BCUT2D eigenvalue weighted by Gasteiger charge is 2.23. The third-order valence-corrected chi connectivity index (χ3v) is 4.03. The number of amides is 1. The number of hydrogen-bond donors (Lipinski definition) is 1. The lowest BCUT2D eigenvalue weighted by molar-refractivity contribution is -0.119. The van der Waals surface area contributed by atoms with Crippen molar-refractivity contribution < 1.29 is 4.79 Å². The molecule has 1 unspecified atom stereocenters. The molecule has 1 aromatic carbocycles. The van der Waals surface area contributed by atoms with Crippen LogP contribution in [-0.2, 0) is 4.79 Å². The fourth-order valence-electron chi connectivity index (χ4n) is 1.61. The van der Waals surface area contributed by atoms with Crippen molar-refractivity contribution in [2.75, 3.05) is 16.8 Å². The van der Waals surface area contributed by atoms with Crippen LogP contribution in [0.4, 0.5) is 5.69 Å². The standard InChI is InChI=1S/C11H11Cl2NOS/c12-8-3-9(13)5-10(4-8)14-11(15)7-1-2-16-6-7/h3-5,7H,1-2,6H2,(H,14,15). The second kappa shape index (κ2) is 5.30. The van der Waals surface area contributed by atoms with Crippen LogP contribution in [0.1, 0.15) is 6.42 Å². The number of hydrogen-bond acceptors (Lipinski definition) is 2. The molecule has 1 aliphatic rings. The SMILES string of the molecule is O=C(Nc1cc(Cl)cc(Cl)c1)C1CCSC1. The van der Waals surface area contributed by atoms with Crippen LogP contribution in [0.25, 0.3) is 0 Å². The van der Waals surface area contributed by atoms with Crippen LogP contribution < -0.4 is 5.32 Å². The van der Waals surface area contributed by atoms with E-state index < -0.39 is 0 Å². The van der Waals surface area contributed by atoms with Gasteiger partial charge in [-0.3, -0.25) is 4.79 Å². The van der Waals surface area contributed by atoms with Crippen LogP contribution in [0.2, 0.25) is 10.0 Å². The normalized spacial score (nSPS) is 19.8. The molecular weight excluding hydrogens is 265 g/mol. The third-order valence-electron chi connectivity index (χ3n) is 2.43. The first kappa shape index (κ1) is 12.1. The Morgan fingerprint density at radius 2 is 2.00 bits per heavy atom. The molecule has 0 radical (unpaired) electrons. The summed E-state index contributed by atoms with van der Waals surface area (Å²) >= 11 is 13.5. The molecule has 1 amide bonds. The molecule has 1 N–H and O–H groups in total. The van der Waals surface area contributed by atoms with Gasteiger partial charge in [0.05, 0.1) is 0 Å². The van der Waals surface area contributed by atoms with Crippen LogP contribution in [0.3, 0.4) is 0 Å². The summed E-state index contributed by atoms with van der Waals surface area (Å²) in [6, 6.07) is 5.05. The summed E-state index contributed by atoms with van der Waals surface area (Å²) in [5.41, 5.74) is 0.666. The van der Waals surface area contributed by atoms with Crippen LogP contribution >= 0.6 is 35.0 Å². The number of thioether (sulfide) groups is 1. The smallest absolute Gasteiger partial charge is 0.228 e. The summed E-state index contributed by atoms with van der Waals surface area (Å²) in [6.07, 6.45) is 0.949. The molecule has 16 heavy (non-hydrogen) atoms. The van der Waals surface area contributed by atoms with Crippen molar-refractivity contribution in [3.8, 4) is 0 Å². The molecule has 0 spiro atoms. The van der Waals surface area contributed by atoms with E-state index in [1.807, 2.05) is 11.8 Å². The van der Waals surface area contributed by atoms with E-state index in [9.17, 15) is 4.79 Å². The minimum atomic E-state index is 0.0586. The molecule has 1 saturated heterocycles. The summed E-state index contributed by atoms with van der Waals surface area (Å²) in [7, 11) is 0. The van der Waals surface area contributed by atoms with Crippen molar-refractivity contribution >= 4 is 46.6 Å². The molecule has 1 aliphatic heterocycles. The number of rotatable bonds is 2. The lowest BCUT2D eigenvalue weighted by atomic mass is 10.1. The monoisotopic (exact) mass is 275 g/mol. The van der Waals surface area contributed by atoms with E-state index in [-0.39, 0.29) is 11.8 Å². The van der Waals surface area contributed by atoms with Gasteiger partial charge in [0.2, 0.25) is 5.91 Å². The molecule has 5 heteroatoms. The topological polar surface area (TPSA) is 29.1 Å². The van der Waals surface area contributed by atoms with E-state index in [0.717, 1.165) is 17.9 Å². The number of nitrogens with one attached hydrogen (secondary N) is 1. The first-order valence-electron chi connectivity index (χ1n) is 5.00. The van der Waals surface area contributed by atoms with Crippen LogP contribution in [0, 0.1) is 5.92 Å². The summed E-state index contributed by atoms with van der Waals surface area (Å²) < 4.78 is 0. The Morgan fingerprint density at radius 1 is 1.31 bits per heavy atom. The molecule has 0 saturated carbocycles. The minimum Gasteiger partial charge on any atom is -0.326 e. The molecule has 86 valence electrons. The lowest BCUT2D eigenvalue weighted by Gasteiger charge is -2.10. The minimum absolute atomic E-state index is 0.0586. The Morgan fingerprint density at radius 3 is 2.56 bits per heavy atom. The van der Waals surface area contributed by atoms with Crippen molar-refractivity contribution in [3.05, 3.63) is 28.2 Å². The van der Waals surface area contributed by atoms with Gasteiger partial charge in [0.15, 0.2) is 0 Å². The second-order valence-electron chi connectivity index (χ2n) is 3.71. The zero-order valence-corrected chi connectivity index (χ0v) is 10.8. The first-order valence-corrected chi connectivity index (χ1v) is 6.91. The molecule has 2 nitrogen and oxygen atoms in total. The molecule has 0 aromatic heterocycles. The average Bonchev–Trinajstić information content (AvgIpc) is 2.68. The molecule has 0 bridgehead atoms. The molecular formula is C11H11Cl2NOS. The van der Waals surface area contributed by atoms with E-state index >= 15 is 0 Å². The summed E-state index contributed by atoms with van der Waals surface area (Å²) in [4.78, 5) is 11.8. The Labute approximate surface area is 109 Å². The van der Waals surface area contributed by atoms with Gasteiger partial charge < -0.3 is 5.32 Å². The molecule has 0 aliphatic carbocycles. The van der Waals surface area contributed by atoms with Gasteiger partial charge in [-0.15, -0.1) is 0 Å². The maximum atomic E-state index is 11.8. The molecule has 1 fully saturated rings. The highest BCUT2D eigenvalue weighted by Crippen LogP contribution is 2.26. The highest BCUT2D eigenvalue weighted by atomic mass is 35.5. The molecule has 1 heterocycles. The van der Waals surface area contributed by atoms with Crippen molar-refractivity contribution in [1.82, 2.24) is 0 Å². The number of anilines is 1. The number of carbonyl (C=O) groups is 1. The number of carbonyl (C=O) groups excluding carboxylic acids is 1. The van der Waals surface area contributed by atoms with E-state index in [1.54, 1.807) is 18.2 Å². The van der Waals surface area contributed by atoms with E-state index in [0.29, 0.717) is 15.7 Å². The maximum Gasteiger partial charge on any atom is 0.228 e. The Kier molecular flexibility index (Phi) is 4.00. The largest absolute Gasteiger partial charge is 0.326 e. The van der Waals surface area contributed by atoms with Crippen molar-refractivity contribution in [2.45, 2.75) is 6.42 Å². The van der Waals surface area contributed by atoms with Crippen molar-refractivity contribution in [1.29, 1.82) is 0 Å². The van der Waals surface area contributed by atoms with Gasteiger partial charge in [0.25, 0.3) is 0 Å². The van der Waals surface area contributed by atoms with Gasteiger partial charge in [-0.05, 0) is 30.4 Å². The Bertz CT molecular complexity index is 385. The number of benzene rings is 1. The average molecular weight is 276 g/mol. The zero-order chi connectivity index (χ0) is 11.5. The van der Waals surface area contributed by atoms with Gasteiger partial charge in [-0.1, -0.05) is 23.2 Å². The van der Waals surface area contributed by atoms with Gasteiger partial charge in [0, 0.05) is 27.4 Å². The lowest BCUT2D eigenvalue weighted by Crippen LogP contribution is -2.22. The summed E-state index contributed by atoms with van der Waals surface area (Å²) in [5, 5.41) is 3.91. The van der Waals surface area contributed by atoms with Gasteiger partial charge in [-0.2, -0.15) is 11.8 Å². The van der Waals surface area contributed by atoms with Crippen LogP contribution in [0.15, 0.2) is 18.2 Å². The third kappa shape index (κ3) is 3.06. The van der Waals surface area contributed by atoms with E-state index in [1.165, 1.54) is 0 Å². The van der Waals surface area contributed by atoms with Gasteiger partial charge in [-0.25, -0.2) is 0 Å².